The van der Waals surface area contributed by atoms with Gasteiger partial charge in [0.05, 0.1) is 18.8 Å². The van der Waals surface area contributed by atoms with E-state index < -0.39 is 19.8 Å². The smallest absolute Gasteiger partial charge is 0.325 e. The summed E-state index contributed by atoms with van der Waals surface area (Å²) in [5.41, 5.74) is 0. The van der Waals surface area contributed by atoms with Crippen LogP contribution in [0.1, 0.15) is 13.3 Å². The van der Waals surface area contributed by atoms with Crippen LogP contribution in [-0.4, -0.2) is 41.6 Å². The molecule has 1 saturated heterocycles. The summed E-state index contributed by atoms with van der Waals surface area (Å²) in [6.45, 7) is 2.92. The second-order valence-electron chi connectivity index (χ2n) is 3.39. The summed E-state index contributed by atoms with van der Waals surface area (Å²) in [7, 11) is -3.46. The van der Waals surface area contributed by atoms with E-state index in [0.29, 0.717) is 6.42 Å². The summed E-state index contributed by atoms with van der Waals surface area (Å²) in [4.78, 5) is 8.83. The molecule has 0 saturated carbocycles. The molecule has 1 heterocycles. The van der Waals surface area contributed by atoms with E-state index in [2.05, 4.69) is 4.52 Å². The Morgan fingerprint density at radius 2 is 2.31 bits per heavy atom. The molecule has 1 aliphatic rings. The molecule has 0 aliphatic carbocycles. The Labute approximate surface area is 77.2 Å². The van der Waals surface area contributed by atoms with Gasteiger partial charge in [0.1, 0.15) is 6.10 Å². The van der Waals surface area contributed by atoms with Gasteiger partial charge in [0.2, 0.25) is 0 Å². The van der Waals surface area contributed by atoms with Gasteiger partial charge in [0.25, 0.3) is 0 Å². The third kappa shape index (κ3) is 3.75. The fraction of sp³-hybridized carbons (Fsp3) is 1.00. The SMILES string of the molecule is C[C@H]1C[C@H](O)[C@@H](COP(C)(=O)O)O1. The summed E-state index contributed by atoms with van der Waals surface area (Å²) >= 11 is 0. The molecule has 1 unspecified atom stereocenters. The minimum atomic E-state index is -3.46. The van der Waals surface area contributed by atoms with Crippen molar-refractivity contribution in [2.45, 2.75) is 31.7 Å². The molecule has 0 spiro atoms. The van der Waals surface area contributed by atoms with E-state index in [0.717, 1.165) is 6.66 Å². The van der Waals surface area contributed by atoms with Crippen LogP contribution < -0.4 is 0 Å². The molecule has 13 heavy (non-hydrogen) atoms. The van der Waals surface area contributed by atoms with Gasteiger partial charge in [-0.25, -0.2) is 0 Å². The third-order valence-electron chi connectivity index (χ3n) is 1.89. The van der Waals surface area contributed by atoms with Gasteiger partial charge in [-0.05, 0) is 6.92 Å². The van der Waals surface area contributed by atoms with Crippen molar-refractivity contribution in [3.8, 4) is 0 Å². The molecular weight excluding hydrogens is 195 g/mol. The molecule has 2 N–H and O–H groups in total. The van der Waals surface area contributed by atoms with E-state index in [4.69, 9.17) is 9.63 Å². The zero-order valence-electron chi connectivity index (χ0n) is 7.71. The summed E-state index contributed by atoms with van der Waals surface area (Å²) in [5.74, 6) is 0. The molecular formula is C7H15O5P. The van der Waals surface area contributed by atoms with Crippen molar-refractivity contribution in [3.05, 3.63) is 0 Å². The van der Waals surface area contributed by atoms with Crippen LogP contribution in [0, 0.1) is 0 Å². The number of aliphatic hydroxyl groups is 1. The molecule has 0 bridgehead atoms. The van der Waals surface area contributed by atoms with Gasteiger partial charge in [-0.1, -0.05) is 0 Å². The Hall–Kier alpha value is 0.0700. The summed E-state index contributed by atoms with van der Waals surface area (Å²) in [6, 6.07) is 0. The van der Waals surface area contributed by atoms with Crippen molar-refractivity contribution in [1.82, 2.24) is 0 Å². The molecule has 1 fully saturated rings. The molecule has 0 aromatic heterocycles. The topological polar surface area (TPSA) is 76.0 Å². The van der Waals surface area contributed by atoms with Crippen LogP contribution in [0.25, 0.3) is 0 Å². The van der Waals surface area contributed by atoms with E-state index >= 15 is 0 Å². The number of hydrogen-bond acceptors (Lipinski definition) is 4. The molecule has 6 heteroatoms. The van der Waals surface area contributed by atoms with Crippen LogP contribution in [0.5, 0.6) is 0 Å². The lowest BCUT2D eigenvalue weighted by atomic mass is 10.1. The first-order chi connectivity index (χ1) is 5.88. The minimum absolute atomic E-state index is 0.0152. The van der Waals surface area contributed by atoms with Gasteiger partial charge in [0.15, 0.2) is 0 Å². The van der Waals surface area contributed by atoms with Crippen LogP contribution in [0.3, 0.4) is 0 Å². The van der Waals surface area contributed by atoms with Gasteiger partial charge >= 0.3 is 7.60 Å². The van der Waals surface area contributed by atoms with Crippen LogP contribution in [-0.2, 0) is 13.8 Å². The summed E-state index contributed by atoms with van der Waals surface area (Å²) < 4.78 is 20.7. The average Bonchev–Trinajstić information content (AvgIpc) is 2.24. The Kier molecular flexibility index (Phi) is 3.49. The van der Waals surface area contributed by atoms with Gasteiger partial charge in [-0.15, -0.1) is 0 Å². The average molecular weight is 210 g/mol. The number of ether oxygens (including phenoxy) is 1. The first kappa shape index (κ1) is 11.1. The zero-order valence-corrected chi connectivity index (χ0v) is 8.61. The zero-order chi connectivity index (χ0) is 10.1. The predicted molar refractivity (Wildman–Crippen MR) is 46.7 cm³/mol. The lowest BCUT2D eigenvalue weighted by Crippen LogP contribution is -2.25. The normalized spacial score (nSPS) is 38.9. The molecule has 0 aromatic carbocycles. The van der Waals surface area contributed by atoms with Crippen molar-refractivity contribution in [1.29, 1.82) is 0 Å². The Morgan fingerprint density at radius 1 is 1.69 bits per heavy atom. The monoisotopic (exact) mass is 210 g/mol. The standard InChI is InChI=1S/C7H15O5P/c1-5-3-6(8)7(12-5)4-11-13(2,9)10/h5-8H,3-4H2,1-2H3,(H,9,10)/t5-,6-,7+/m0/s1. The highest BCUT2D eigenvalue weighted by atomic mass is 31.2. The second-order valence-corrected chi connectivity index (χ2v) is 5.25. The van der Waals surface area contributed by atoms with Crippen molar-refractivity contribution in [2.24, 2.45) is 0 Å². The van der Waals surface area contributed by atoms with Crippen molar-refractivity contribution in [2.75, 3.05) is 13.3 Å². The molecule has 5 nitrogen and oxygen atoms in total. The number of aliphatic hydroxyl groups excluding tert-OH is 1. The van der Waals surface area contributed by atoms with Gasteiger partial charge in [-0.2, -0.15) is 0 Å². The highest BCUT2D eigenvalue weighted by Gasteiger charge is 2.32. The number of hydrogen-bond donors (Lipinski definition) is 2. The van der Waals surface area contributed by atoms with Crippen LogP contribution in [0.2, 0.25) is 0 Å². The highest BCUT2D eigenvalue weighted by molar-refractivity contribution is 7.51. The van der Waals surface area contributed by atoms with Crippen LogP contribution in [0.4, 0.5) is 0 Å². The van der Waals surface area contributed by atoms with E-state index in [1.807, 2.05) is 6.92 Å². The lowest BCUT2D eigenvalue weighted by Gasteiger charge is -2.15. The molecule has 0 radical (unpaired) electrons. The predicted octanol–water partition coefficient (Wildman–Crippen LogP) is 0.356. The number of rotatable bonds is 3. The first-order valence-corrected chi connectivity index (χ1v) is 6.19. The lowest BCUT2D eigenvalue weighted by molar-refractivity contribution is -0.0126. The van der Waals surface area contributed by atoms with E-state index in [1.165, 1.54) is 0 Å². The fourth-order valence-corrected chi connectivity index (χ4v) is 1.72. The van der Waals surface area contributed by atoms with Crippen molar-refractivity contribution >= 4 is 7.60 Å². The van der Waals surface area contributed by atoms with E-state index in [9.17, 15) is 9.67 Å². The van der Waals surface area contributed by atoms with Crippen LogP contribution >= 0.6 is 7.60 Å². The molecule has 1 aliphatic heterocycles. The fourth-order valence-electron chi connectivity index (χ4n) is 1.30. The maximum atomic E-state index is 10.8. The minimum Gasteiger partial charge on any atom is -0.390 e. The third-order valence-corrected chi connectivity index (χ3v) is 2.52. The molecule has 78 valence electrons. The van der Waals surface area contributed by atoms with E-state index in [1.54, 1.807) is 0 Å². The maximum absolute atomic E-state index is 10.8. The Morgan fingerprint density at radius 3 is 2.69 bits per heavy atom. The van der Waals surface area contributed by atoms with Gasteiger partial charge < -0.3 is 19.3 Å². The molecule has 1 rings (SSSR count). The van der Waals surface area contributed by atoms with Gasteiger partial charge in [0, 0.05) is 13.1 Å². The maximum Gasteiger partial charge on any atom is 0.325 e. The summed E-state index contributed by atoms with van der Waals surface area (Å²) in [5, 5.41) is 9.38. The quantitative estimate of drug-likeness (QED) is 0.657. The summed E-state index contributed by atoms with van der Waals surface area (Å²) in [6.07, 6.45) is -0.538. The largest absolute Gasteiger partial charge is 0.390 e. The molecule has 4 atom stereocenters. The second kappa shape index (κ2) is 4.07. The van der Waals surface area contributed by atoms with Gasteiger partial charge in [-0.3, -0.25) is 4.57 Å². The van der Waals surface area contributed by atoms with Crippen LogP contribution in [0.15, 0.2) is 0 Å². The van der Waals surface area contributed by atoms with Crippen molar-refractivity contribution in [3.63, 3.8) is 0 Å². The molecule has 0 amide bonds. The van der Waals surface area contributed by atoms with E-state index in [-0.39, 0.29) is 12.7 Å². The highest BCUT2D eigenvalue weighted by Crippen LogP contribution is 2.37. The molecule has 0 aromatic rings. The van der Waals surface area contributed by atoms with Crippen molar-refractivity contribution < 1.29 is 23.8 Å². The Balaban J connectivity index is 2.34. The first-order valence-electron chi connectivity index (χ1n) is 4.17. The Bertz CT molecular complexity index is 213.